The Morgan fingerprint density at radius 3 is 2.58 bits per heavy atom. The Balaban J connectivity index is 1.97. The number of hydrogen-bond donors (Lipinski definition) is 0. The van der Waals surface area contributed by atoms with Crippen LogP contribution in [0.5, 0.6) is 0 Å². The number of nitro groups is 1. The normalized spacial score (nSPS) is 14.6. The molecule has 0 N–H and O–H groups in total. The molecule has 1 aromatic carbocycles. The minimum absolute atomic E-state index is 0.0172. The SMILES string of the molecule is Cc1nc([N+](=O)[O-])c(N2CCOCC2)n1CC(=O)c1ccccc1. The number of anilines is 1. The summed E-state index contributed by atoms with van der Waals surface area (Å²) >= 11 is 0. The Kier molecular flexibility index (Phi) is 4.57. The smallest absolute Gasteiger partial charge is 0.378 e. The van der Waals surface area contributed by atoms with Crippen molar-refractivity contribution in [3.8, 4) is 0 Å². The molecule has 0 aliphatic carbocycles. The number of rotatable bonds is 5. The van der Waals surface area contributed by atoms with E-state index in [0.717, 1.165) is 0 Å². The number of imidazole rings is 1. The molecule has 0 radical (unpaired) electrons. The van der Waals surface area contributed by atoms with Gasteiger partial charge in [-0.3, -0.25) is 9.36 Å². The van der Waals surface area contributed by atoms with Gasteiger partial charge in [0, 0.05) is 25.6 Å². The molecular formula is C16H18N4O4. The Bertz CT molecular complexity index is 751. The molecule has 24 heavy (non-hydrogen) atoms. The summed E-state index contributed by atoms with van der Waals surface area (Å²) in [5.41, 5.74) is 0.571. The maximum atomic E-state index is 12.5. The van der Waals surface area contributed by atoms with E-state index in [0.29, 0.717) is 43.5 Å². The molecular weight excluding hydrogens is 312 g/mol. The summed E-state index contributed by atoms with van der Waals surface area (Å²) in [6, 6.07) is 8.89. The van der Waals surface area contributed by atoms with Gasteiger partial charge in [-0.05, 0) is 9.91 Å². The van der Waals surface area contributed by atoms with Crippen LogP contribution in [0.25, 0.3) is 0 Å². The number of hydrogen-bond acceptors (Lipinski definition) is 6. The average molecular weight is 330 g/mol. The second-order valence-corrected chi connectivity index (χ2v) is 5.54. The highest BCUT2D eigenvalue weighted by Gasteiger charge is 2.31. The summed E-state index contributed by atoms with van der Waals surface area (Å²) < 4.78 is 6.93. The van der Waals surface area contributed by atoms with Crippen LogP contribution in [0.4, 0.5) is 11.6 Å². The second kappa shape index (κ2) is 6.79. The average Bonchev–Trinajstić information content (AvgIpc) is 2.93. The lowest BCUT2D eigenvalue weighted by atomic mass is 10.1. The van der Waals surface area contributed by atoms with E-state index in [-0.39, 0.29) is 18.1 Å². The summed E-state index contributed by atoms with van der Waals surface area (Å²) in [5, 5.41) is 11.4. The van der Waals surface area contributed by atoms with Gasteiger partial charge in [0.2, 0.25) is 11.6 Å². The van der Waals surface area contributed by atoms with Crippen LogP contribution in [0.15, 0.2) is 30.3 Å². The molecule has 0 saturated carbocycles. The zero-order chi connectivity index (χ0) is 17.1. The Labute approximate surface area is 138 Å². The van der Waals surface area contributed by atoms with Crippen molar-refractivity contribution in [1.29, 1.82) is 0 Å². The topological polar surface area (TPSA) is 90.5 Å². The largest absolute Gasteiger partial charge is 0.406 e. The highest BCUT2D eigenvalue weighted by molar-refractivity contribution is 5.96. The van der Waals surface area contributed by atoms with Gasteiger partial charge in [0.15, 0.2) is 5.78 Å². The highest BCUT2D eigenvalue weighted by Crippen LogP contribution is 2.30. The second-order valence-electron chi connectivity index (χ2n) is 5.54. The predicted octanol–water partition coefficient (Wildman–Crippen LogP) is 1.82. The van der Waals surface area contributed by atoms with Crippen molar-refractivity contribution < 1.29 is 14.5 Å². The van der Waals surface area contributed by atoms with Crippen molar-refractivity contribution in [3.05, 3.63) is 51.8 Å². The van der Waals surface area contributed by atoms with Crippen molar-refractivity contribution in [2.75, 3.05) is 31.2 Å². The molecule has 1 aromatic heterocycles. The van der Waals surface area contributed by atoms with Crippen LogP contribution in [-0.4, -0.2) is 46.6 Å². The number of Topliss-reactive ketones (excluding diaryl/α,β-unsaturated/α-hetero) is 1. The molecule has 0 unspecified atom stereocenters. The first-order valence-electron chi connectivity index (χ1n) is 7.70. The monoisotopic (exact) mass is 330 g/mol. The number of ether oxygens (including phenoxy) is 1. The van der Waals surface area contributed by atoms with Crippen LogP contribution in [-0.2, 0) is 11.3 Å². The fourth-order valence-electron chi connectivity index (χ4n) is 2.80. The van der Waals surface area contributed by atoms with Gasteiger partial charge in [-0.1, -0.05) is 30.3 Å². The van der Waals surface area contributed by atoms with E-state index in [1.54, 1.807) is 35.8 Å². The first-order chi connectivity index (χ1) is 11.6. The van der Waals surface area contributed by atoms with Gasteiger partial charge in [0.1, 0.15) is 0 Å². The Hall–Kier alpha value is -2.74. The number of ketones is 1. The molecule has 1 aliphatic rings. The van der Waals surface area contributed by atoms with Crippen molar-refractivity contribution in [1.82, 2.24) is 9.55 Å². The Morgan fingerprint density at radius 2 is 1.96 bits per heavy atom. The van der Waals surface area contributed by atoms with Crippen molar-refractivity contribution >= 4 is 17.4 Å². The van der Waals surface area contributed by atoms with Crippen molar-refractivity contribution in [2.45, 2.75) is 13.5 Å². The van der Waals surface area contributed by atoms with Crippen LogP contribution in [0.3, 0.4) is 0 Å². The third-order valence-corrected chi connectivity index (χ3v) is 4.00. The van der Waals surface area contributed by atoms with Crippen LogP contribution in [0.1, 0.15) is 16.2 Å². The summed E-state index contributed by atoms with van der Waals surface area (Å²) in [5.74, 6) is 0.508. The summed E-state index contributed by atoms with van der Waals surface area (Å²) in [6.45, 7) is 3.75. The minimum Gasteiger partial charge on any atom is -0.378 e. The standard InChI is InChI=1S/C16H18N4O4/c1-12-17-15(20(22)23)16(18-7-9-24-10-8-18)19(12)11-14(21)13-5-3-2-4-6-13/h2-6H,7-11H2,1H3. The van der Waals surface area contributed by atoms with Crippen LogP contribution < -0.4 is 4.90 Å². The van der Waals surface area contributed by atoms with Gasteiger partial charge < -0.3 is 19.8 Å². The minimum atomic E-state index is -0.499. The molecule has 3 rings (SSSR count). The maximum absolute atomic E-state index is 12.5. The molecule has 8 heteroatoms. The van der Waals surface area contributed by atoms with Gasteiger partial charge >= 0.3 is 5.82 Å². The van der Waals surface area contributed by atoms with E-state index in [2.05, 4.69) is 4.98 Å². The van der Waals surface area contributed by atoms with E-state index in [1.165, 1.54) is 0 Å². The molecule has 1 aliphatic heterocycles. The highest BCUT2D eigenvalue weighted by atomic mass is 16.6. The van der Waals surface area contributed by atoms with Crippen LogP contribution in [0.2, 0.25) is 0 Å². The fraction of sp³-hybridized carbons (Fsp3) is 0.375. The molecule has 0 spiro atoms. The maximum Gasteiger partial charge on any atom is 0.406 e. The van der Waals surface area contributed by atoms with E-state index in [1.807, 2.05) is 11.0 Å². The van der Waals surface area contributed by atoms with Crippen molar-refractivity contribution in [2.24, 2.45) is 0 Å². The third kappa shape index (κ3) is 3.13. The number of nitrogens with zero attached hydrogens (tertiary/aromatic N) is 4. The molecule has 0 amide bonds. The van der Waals surface area contributed by atoms with Gasteiger partial charge in [0.05, 0.1) is 19.8 Å². The zero-order valence-corrected chi connectivity index (χ0v) is 13.3. The molecule has 8 nitrogen and oxygen atoms in total. The third-order valence-electron chi connectivity index (χ3n) is 4.00. The van der Waals surface area contributed by atoms with E-state index in [9.17, 15) is 14.9 Å². The zero-order valence-electron chi connectivity index (χ0n) is 13.3. The van der Waals surface area contributed by atoms with Crippen molar-refractivity contribution in [3.63, 3.8) is 0 Å². The summed E-state index contributed by atoms with van der Waals surface area (Å²) in [6.07, 6.45) is 0. The van der Waals surface area contributed by atoms with E-state index in [4.69, 9.17) is 4.74 Å². The number of benzene rings is 1. The lowest BCUT2D eigenvalue weighted by molar-refractivity contribution is -0.388. The first kappa shape index (κ1) is 16.1. The molecule has 126 valence electrons. The number of carbonyl (C=O) groups is 1. The van der Waals surface area contributed by atoms with Crippen LogP contribution >= 0.6 is 0 Å². The van der Waals surface area contributed by atoms with Gasteiger partial charge in [-0.15, -0.1) is 0 Å². The number of carbonyl (C=O) groups excluding carboxylic acids is 1. The number of aryl methyl sites for hydroxylation is 1. The predicted molar refractivity (Wildman–Crippen MR) is 87.4 cm³/mol. The molecule has 2 heterocycles. The van der Waals surface area contributed by atoms with E-state index >= 15 is 0 Å². The Morgan fingerprint density at radius 1 is 1.29 bits per heavy atom. The number of morpholine rings is 1. The van der Waals surface area contributed by atoms with E-state index < -0.39 is 4.92 Å². The molecule has 1 fully saturated rings. The van der Waals surface area contributed by atoms with Gasteiger partial charge in [-0.2, -0.15) is 0 Å². The van der Waals surface area contributed by atoms with Gasteiger partial charge in [0.25, 0.3) is 0 Å². The molecule has 1 saturated heterocycles. The summed E-state index contributed by atoms with van der Waals surface area (Å²) in [7, 11) is 0. The molecule has 2 aromatic rings. The fourth-order valence-corrected chi connectivity index (χ4v) is 2.80. The molecule has 0 atom stereocenters. The van der Waals surface area contributed by atoms with Gasteiger partial charge in [-0.25, -0.2) is 0 Å². The lowest BCUT2D eigenvalue weighted by Gasteiger charge is -2.28. The number of aromatic nitrogens is 2. The lowest BCUT2D eigenvalue weighted by Crippen LogP contribution is -2.38. The molecule has 0 bridgehead atoms. The first-order valence-corrected chi connectivity index (χ1v) is 7.70. The van der Waals surface area contributed by atoms with Crippen LogP contribution in [0, 0.1) is 17.0 Å². The summed E-state index contributed by atoms with van der Waals surface area (Å²) in [4.78, 5) is 29.3. The quantitative estimate of drug-likeness (QED) is 0.472.